The van der Waals surface area contributed by atoms with E-state index in [9.17, 15) is 14.7 Å². The summed E-state index contributed by atoms with van der Waals surface area (Å²) < 4.78 is 0. The zero-order valence-corrected chi connectivity index (χ0v) is 13.5. The summed E-state index contributed by atoms with van der Waals surface area (Å²) in [6.07, 6.45) is -0.274. The molecule has 2 rings (SSSR count). The molecule has 0 bridgehead atoms. The third-order valence-electron chi connectivity index (χ3n) is 3.20. The maximum absolute atomic E-state index is 12.2. The number of carbonyl (C=O) groups excluding carboxylic acids is 2. The second-order valence-electron chi connectivity index (χ2n) is 4.65. The Morgan fingerprint density at radius 3 is 2.23 bits per heavy atom. The Labute approximate surface area is 142 Å². The van der Waals surface area contributed by atoms with Crippen LogP contribution in [0.5, 0.6) is 0 Å². The molecule has 22 heavy (non-hydrogen) atoms. The van der Waals surface area contributed by atoms with Crippen LogP contribution in [0.15, 0.2) is 42.5 Å². The van der Waals surface area contributed by atoms with Gasteiger partial charge in [0.15, 0.2) is 5.78 Å². The number of hydrogen-bond acceptors (Lipinski definition) is 3. The van der Waals surface area contributed by atoms with Gasteiger partial charge >= 0.3 is 0 Å². The van der Waals surface area contributed by atoms with E-state index in [1.807, 2.05) is 0 Å². The van der Waals surface area contributed by atoms with E-state index in [2.05, 4.69) is 0 Å². The first kappa shape index (κ1) is 16.8. The molecule has 0 spiro atoms. The zero-order valence-electron chi connectivity index (χ0n) is 11.2. The maximum Gasteiger partial charge on any atom is 0.163 e. The lowest BCUT2D eigenvalue weighted by Gasteiger charge is -2.19. The Balaban J connectivity index is 2.30. The number of Topliss-reactive ketones (excluding diaryl/α,β-unsaturated/α-hetero) is 1. The topological polar surface area (TPSA) is 57.2 Å². The van der Waals surface area contributed by atoms with E-state index in [1.165, 1.54) is 18.2 Å². The van der Waals surface area contributed by atoms with Crippen molar-refractivity contribution in [2.75, 3.05) is 0 Å². The molecule has 0 unspecified atom stereocenters. The minimum atomic E-state index is -1.38. The van der Waals surface area contributed by atoms with Crippen molar-refractivity contribution in [1.82, 2.24) is 0 Å². The van der Waals surface area contributed by atoms with Crippen molar-refractivity contribution in [2.24, 2.45) is 0 Å². The minimum absolute atomic E-state index is 0.113. The van der Waals surface area contributed by atoms with Crippen molar-refractivity contribution < 1.29 is 14.7 Å². The van der Waals surface area contributed by atoms with E-state index in [1.54, 1.807) is 24.3 Å². The standard InChI is InChI=1S/C16H11Cl3O3/c17-10-6-4-9(5-7-10)14(20)8-12(16(21)22)11-2-1-3-13(18)15(11)19/h1-7,12H,8H2,(H,21,22)/p-1/t12-/m1/s1. The van der Waals surface area contributed by atoms with E-state index in [0.717, 1.165) is 0 Å². The van der Waals surface area contributed by atoms with E-state index in [0.29, 0.717) is 10.6 Å². The first-order valence-corrected chi connectivity index (χ1v) is 7.47. The van der Waals surface area contributed by atoms with E-state index < -0.39 is 11.9 Å². The van der Waals surface area contributed by atoms with E-state index in [-0.39, 0.29) is 27.8 Å². The lowest BCUT2D eigenvalue weighted by molar-refractivity contribution is -0.307. The summed E-state index contributed by atoms with van der Waals surface area (Å²) in [6.45, 7) is 0. The average Bonchev–Trinajstić information content (AvgIpc) is 2.48. The number of aliphatic carboxylic acids is 1. The first-order chi connectivity index (χ1) is 10.4. The van der Waals surface area contributed by atoms with Crippen LogP contribution in [0, 0.1) is 0 Å². The number of carboxylic acids is 1. The summed E-state index contributed by atoms with van der Waals surface area (Å²) in [4.78, 5) is 23.6. The molecule has 0 N–H and O–H groups in total. The van der Waals surface area contributed by atoms with Crippen molar-refractivity contribution in [2.45, 2.75) is 12.3 Å². The molecule has 0 aliphatic heterocycles. The molecular weight excluding hydrogens is 347 g/mol. The van der Waals surface area contributed by atoms with Gasteiger partial charge in [-0.1, -0.05) is 46.9 Å². The fourth-order valence-corrected chi connectivity index (χ4v) is 2.61. The number of benzene rings is 2. The zero-order chi connectivity index (χ0) is 16.3. The third-order valence-corrected chi connectivity index (χ3v) is 4.28. The molecule has 0 aromatic heterocycles. The molecule has 6 heteroatoms. The maximum atomic E-state index is 12.2. The van der Waals surface area contributed by atoms with Crippen LogP contribution in [-0.2, 0) is 4.79 Å². The van der Waals surface area contributed by atoms with Crippen LogP contribution in [0.25, 0.3) is 0 Å². The number of ketones is 1. The predicted octanol–water partition coefficient (Wildman–Crippen LogP) is 3.75. The molecular formula is C16H10Cl3O3-. The van der Waals surface area contributed by atoms with Crippen molar-refractivity contribution in [3.05, 3.63) is 68.7 Å². The van der Waals surface area contributed by atoms with Crippen LogP contribution < -0.4 is 5.11 Å². The Morgan fingerprint density at radius 2 is 1.64 bits per heavy atom. The molecule has 1 atom stereocenters. The second-order valence-corrected chi connectivity index (χ2v) is 5.87. The highest BCUT2D eigenvalue weighted by molar-refractivity contribution is 6.42. The molecule has 2 aromatic rings. The normalized spacial score (nSPS) is 12.0. The number of rotatable bonds is 5. The Bertz CT molecular complexity index is 711. The number of carbonyl (C=O) groups is 2. The van der Waals surface area contributed by atoms with E-state index >= 15 is 0 Å². The highest BCUT2D eigenvalue weighted by Gasteiger charge is 2.21. The van der Waals surface area contributed by atoms with Gasteiger partial charge < -0.3 is 9.90 Å². The van der Waals surface area contributed by atoms with Crippen LogP contribution >= 0.6 is 34.8 Å². The molecule has 0 amide bonds. The van der Waals surface area contributed by atoms with Crippen molar-refractivity contribution in [1.29, 1.82) is 0 Å². The van der Waals surface area contributed by atoms with Gasteiger partial charge in [0.2, 0.25) is 0 Å². The predicted molar refractivity (Wildman–Crippen MR) is 84.6 cm³/mol. The quantitative estimate of drug-likeness (QED) is 0.767. The SMILES string of the molecule is O=C(C[C@@H](C(=O)[O-])c1cccc(Cl)c1Cl)c1ccc(Cl)cc1. The summed E-state index contributed by atoms with van der Waals surface area (Å²) in [5.41, 5.74) is 0.630. The number of halogens is 3. The van der Waals surface area contributed by atoms with Gasteiger partial charge in [0.1, 0.15) is 0 Å². The molecule has 3 nitrogen and oxygen atoms in total. The molecule has 0 radical (unpaired) electrons. The van der Waals surface area contributed by atoms with Gasteiger partial charge in [-0.15, -0.1) is 0 Å². The largest absolute Gasteiger partial charge is 0.549 e. The molecule has 0 aliphatic rings. The minimum Gasteiger partial charge on any atom is -0.549 e. The average molecular weight is 357 g/mol. The van der Waals surface area contributed by atoms with Gasteiger partial charge in [0.05, 0.1) is 10.0 Å². The Kier molecular flexibility index (Phi) is 5.46. The molecule has 0 saturated carbocycles. The van der Waals surface area contributed by atoms with Gasteiger partial charge in [-0.3, -0.25) is 4.79 Å². The van der Waals surface area contributed by atoms with Gasteiger partial charge in [-0.25, -0.2) is 0 Å². The Hall–Kier alpha value is -1.55. The number of carboxylic acid groups (broad SMARTS) is 1. The number of hydrogen-bond donors (Lipinski definition) is 0. The summed E-state index contributed by atoms with van der Waals surface area (Å²) in [6, 6.07) is 10.8. The third kappa shape index (κ3) is 3.80. The van der Waals surface area contributed by atoms with Crippen LogP contribution in [0.3, 0.4) is 0 Å². The van der Waals surface area contributed by atoms with Crippen molar-refractivity contribution in [3.63, 3.8) is 0 Å². The van der Waals surface area contributed by atoms with Crippen molar-refractivity contribution >= 4 is 46.6 Å². The smallest absolute Gasteiger partial charge is 0.163 e. The fraction of sp³-hybridized carbons (Fsp3) is 0.125. The lowest BCUT2D eigenvalue weighted by Crippen LogP contribution is -2.31. The highest BCUT2D eigenvalue weighted by atomic mass is 35.5. The van der Waals surface area contributed by atoms with Crippen LogP contribution in [0.2, 0.25) is 15.1 Å². The first-order valence-electron chi connectivity index (χ1n) is 6.33. The summed E-state index contributed by atoms with van der Waals surface area (Å²) in [5.74, 6) is -2.90. The highest BCUT2D eigenvalue weighted by Crippen LogP contribution is 2.33. The van der Waals surface area contributed by atoms with Gasteiger partial charge in [-0.2, -0.15) is 0 Å². The van der Waals surface area contributed by atoms with Gasteiger partial charge in [0.25, 0.3) is 0 Å². The summed E-state index contributed by atoms with van der Waals surface area (Å²) >= 11 is 17.7. The molecule has 0 aliphatic carbocycles. The second kappa shape index (κ2) is 7.14. The summed E-state index contributed by atoms with van der Waals surface area (Å²) in [7, 11) is 0. The van der Waals surface area contributed by atoms with Crippen LogP contribution in [0.4, 0.5) is 0 Å². The van der Waals surface area contributed by atoms with E-state index in [4.69, 9.17) is 34.8 Å². The summed E-state index contributed by atoms with van der Waals surface area (Å²) in [5, 5.41) is 12.2. The van der Waals surface area contributed by atoms with Crippen LogP contribution in [-0.4, -0.2) is 11.8 Å². The molecule has 0 heterocycles. The van der Waals surface area contributed by atoms with Gasteiger partial charge in [-0.05, 0) is 35.9 Å². The fourth-order valence-electron chi connectivity index (χ4n) is 2.05. The monoisotopic (exact) mass is 355 g/mol. The van der Waals surface area contributed by atoms with Crippen molar-refractivity contribution in [3.8, 4) is 0 Å². The Morgan fingerprint density at radius 1 is 1.00 bits per heavy atom. The molecule has 114 valence electrons. The van der Waals surface area contributed by atoms with Gasteiger partial charge in [0, 0.05) is 28.9 Å². The molecule has 0 saturated heterocycles. The molecule has 0 fully saturated rings. The molecule has 2 aromatic carbocycles. The lowest BCUT2D eigenvalue weighted by atomic mass is 9.91. The van der Waals surface area contributed by atoms with Crippen LogP contribution in [0.1, 0.15) is 28.3 Å².